The Morgan fingerprint density at radius 1 is 1.22 bits per heavy atom. The van der Waals surface area contributed by atoms with Crippen LogP contribution in [0.25, 0.3) is 0 Å². The molecule has 4 nitrogen and oxygen atoms in total. The molecule has 18 heavy (non-hydrogen) atoms. The highest BCUT2D eigenvalue weighted by molar-refractivity contribution is 5.39. The summed E-state index contributed by atoms with van der Waals surface area (Å²) in [6.45, 7) is 4.56. The summed E-state index contributed by atoms with van der Waals surface area (Å²) in [7, 11) is 0. The van der Waals surface area contributed by atoms with Crippen molar-refractivity contribution in [2.24, 2.45) is 5.73 Å². The molecule has 0 spiro atoms. The molecule has 4 heteroatoms. The monoisotopic (exact) mass is 253 g/mol. The van der Waals surface area contributed by atoms with Crippen molar-refractivity contribution in [3.8, 4) is 11.5 Å². The molecule has 0 bridgehead atoms. The maximum atomic E-state index is 9.31. The van der Waals surface area contributed by atoms with E-state index in [4.69, 9.17) is 15.2 Å². The van der Waals surface area contributed by atoms with Gasteiger partial charge in [-0.2, -0.15) is 0 Å². The second kappa shape index (κ2) is 7.95. The smallest absolute Gasteiger partial charge is 0.161 e. The Balaban J connectivity index is 2.75. The average molecular weight is 253 g/mol. The zero-order valence-electron chi connectivity index (χ0n) is 11.1. The summed E-state index contributed by atoms with van der Waals surface area (Å²) in [6, 6.07) is 7.27. The quantitative estimate of drug-likeness (QED) is 0.743. The fraction of sp³-hybridized carbons (Fsp3) is 0.571. The van der Waals surface area contributed by atoms with Gasteiger partial charge in [0.25, 0.3) is 0 Å². The van der Waals surface area contributed by atoms with Gasteiger partial charge in [-0.1, -0.05) is 26.0 Å². The second-order valence-electron chi connectivity index (χ2n) is 4.21. The molecule has 0 amide bonds. The van der Waals surface area contributed by atoms with Gasteiger partial charge in [0.1, 0.15) is 6.10 Å². The highest BCUT2D eigenvalue weighted by Crippen LogP contribution is 2.28. The lowest BCUT2D eigenvalue weighted by Crippen LogP contribution is -2.41. The minimum Gasteiger partial charge on any atom is -0.490 e. The zero-order chi connectivity index (χ0) is 13.4. The highest BCUT2D eigenvalue weighted by Gasteiger charge is 2.18. The van der Waals surface area contributed by atoms with E-state index < -0.39 is 6.10 Å². The molecule has 2 atom stereocenters. The molecule has 0 aliphatic carbocycles. The molecule has 0 aliphatic heterocycles. The van der Waals surface area contributed by atoms with Crippen LogP contribution in [0.3, 0.4) is 0 Å². The van der Waals surface area contributed by atoms with E-state index in [1.165, 1.54) is 0 Å². The summed E-state index contributed by atoms with van der Waals surface area (Å²) in [5.74, 6) is 1.33. The normalized spacial score (nSPS) is 14.0. The van der Waals surface area contributed by atoms with E-state index in [0.717, 1.165) is 12.8 Å². The molecule has 102 valence electrons. The van der Waals surface area contributed by atoms with Crippen molar-refractivity contribution in [3.05, 3.63) is 24.3 Å². The van der Waals surface area contributed by atoms with Gasteiger partial charge in [0.05, 0.1) is 13.2 Å². The first-order chi connectivity index (χ1) is 8.72. The van der Waals surface area contributed by atoms with E-state index >= 15 is 0 Å². The number of para-hydroxylation sites is 2. The molecule has 3 N–H and O–H groups in total. The van der Waals surface area contributed by atoms with E-state index in [0.29, 0.717) is 18.1 Å². The SMILES string of the molecule is CCCOc1ccccc1OC(CO)C(N)CC. The van der Waals surface area contributed by atoms with Crippen molar-refractivity contribution in [1.82, 2.24) is 0 Å². The predicted molar refractivity (Wildman–Crippen MR) is 72.0 cm³/mol. The van der Waals surface area contributed by atoms with Crippen LogP contribution in [0, 0.1) is 0 Å². The molecule has 1 rings (SSSR count). The second-order valence-corrected chi connectivity index (χ2v) is 4.21. The van der Waals surface area contributed by atoms with Crippen LogP contribution in [-0.4, -0.2) is 30.5 Å². The van der Waals surface area contributed by atoms with Gasteiger partial charge in [0.2, 0.25) is 0 Å². The largest absolute Gasteiger partial charge is 0.490 e. The van der Waals surface area contributed by atoms with Gasteiger partial charge in [-0.15, -0.1) is 0 Å². The number of hydrogen-bond acceptors (Lipinski definition) is 4. The molecule has 1 aromatic carbocycles. The van der Waals surface area contributed by atoms with Crippen LogP contribution < -0.4 is 15.2 Å². The summed E-state index contributed by atoms with van der Waals surface area (Å²) >= 11 is 0. The molecule has 2 unspecified atom stereocenters. The van der Waals surface area contributed by atoms with Gasteiger partial charge in [-0.3, -0.25) is 0 Å². The van der Waals surface area contributed by atoms with Crippen LogP contribution in [0.15, 0.2) is 24.3 Å². The van der Waals surface area contributed by atoms with E-state index in [2.05, 4.69) is 0 Å². The third-order valence-electron chi connectivity index (χ3n) is 2.72. The molecule has 0 aromatic heterocycles. The Hall–Kier alpha value is -1.26. The van der Waals surface area contributed by atoms with Crippen molar-refractivity contribution in [2.45, 2.75) is 38.8 Å². The molecule has 0 saturated heterocycles. The maximum absolute atomic E-state index is 9.31. The molecule has 1 aromatic rings. The predicted octanol–water partition coefficient (Wildman–Crippen LogP) is 1.95. The maximum Gasteiger partial charge on any atom is 0.161 e. The van der Waals surface area contributed by atoms with E-state index in [1.54, 1.807) is 0 Å². The van der Waals surface area contributed by atoms with Gasteiger partial charge in [-0.25, -0.2) is 0 Å². The molecule has 0 saturated carbocycles. The molecule has 0 fully saturated rings. The summed E-state index contributed by atoms with van der Waals surface area (Å²) in [5, 5.41) is 9.31. The molecular formula is C14H23NO3. The first-order valence-electron chi connectivity index (χ1n) is 6.47. The number of rotatable bonds is 8. The minimum absolute atomic E-state index is 0.100. The Bertz CT molecular complexity index is 344. The average Bonchev–Trinajstić information content (AvgIpc) is 2.42. The first kappa shape index (κ1) is 14.8. The van der Waals surface area contributed by atoms with Crippen LogP contribution in [0.5, 0.6) is 11.5 Å². The molecule has 0 radical (unpaired) electrons. The fourth-order valence-corrected chi connectivity index (χ4v) is 1.56. The van der Waals surface area contributed by atoms with Crippen molar-refractivity contribution >= 4 is 0 Å². The Kier molecular flexibility index (Phi) is 6.54. The number of aliphatic hydroxyl groups excluding tert-OH is 1. The lowest BCUT2D eigenvalue weighted by Gasteiger charge is -2.23. The van der Waals surface area contributed by atoms with Crippen LogP contribution >= 0.6 is 0 Å². The van der Waals surface area contributed by atoms with Crippen molar-refractivity contribution in [2.75, 3.05) is 13.2 Å². The van der Waals surface area contributed by atoms with Gasteiger partial charge < -0.3 is 20.3 Å². The van der Waals surface area contributed by atoms with E-state index in [1.807, 2.05) is 38.1 Å². The Morgan fingerprint density at radius 2 is 1.89 bits per heavy atom. The topological polar surface area (TPSA) is 64.7 Å². The van der Waals surface area contributed by atoms with Crippen LogP contribution in [-0.2, 0) is 0 Å². The van der Waals surface area contributed by atoms with Crippen molar-refractivity contribution < 1.29 is 14.6 Å². The number of benzene rings is 1. The van der Waals surface area contributed by atoms with Crippen LogP contribution in [0.2, 0.25) is 0 Å². The van der Waals surface area contributed by atoms with Crippen molar-refractivity contribution in [3.63, 3.8) is 0 Å². The van der Waals surface area contributed by atoms with Gasteiger partial charge in [-0.05, 0) is 25.0 Å². The molecule has 0 aliphatic rings. The minimum atomic E-state index is -0.402. The van der Waals surface area contributed by atoms with Gasteiger partial charge in [0.15, 0.2) is 11.5 Å². The zero-order valence-corrected chi connectivity index (χ0v) is 11.1. The highest BCUT2D eigenvalue weighted by atomic mass is 16.5. The van der Waals surface area contributed by atoms with Gasteiger partial charge in [0, 0.05) is 6.04 Å². The summed E-state index contributed by atoms with van der Waals surface area (Å²) < 4.78 is 11.3. The summed E-state index contributed by atoms with van der Waals surface area (Å²) in [5.41, 5.74) is 5.90. The number of hydrogen-bond donors (Lipinski definition) is 2. The first-order valence-corrected chi connectivity index (χ1v) is 6.47. The third kappa shape index (κ3) is 4.20. The standard InChI is InChI=1S/C14H23NO3/c1-3-9-17-12-7-5-6-8-13(12)18-14(10-16)11(15)4-2/h5-8,11,14,16H,3-4,9-10,15H2,1-2H3. The fourth-order valence-electron chi connectivity index (χ4n) is 1.56. The summed E-state index contributed by atoms with van der Waals surface area (Å²) in [4.78, 5) is 0. The third-order valence-corrected chi connectivity index (χ3v) is 2.72. The lowest BCUT2D eigenvalue weighted by molar-refractivity contribution is 0.0896. The van der Waals surface area contributed by atoms with Crippen LogP contribution in [0.4, 0.5) is 0 Å². The van der Waals surface area contributed by atoms with Gasteiger partial charge >= 0.3 is 0 Å². The number of aliphatic hydroxyl groups is 1. The van der Waals surface area contributed by atoms with Crippen molar-refractivity contribution in [1.29, 1.82) is 0 Å². The van der Waals surface area contributed by atoms with E-state index in [9.17, 15) is 5.11 Å². The lowest BCUT2D eigenvalue weighted by atomic mass is 10.1. The molecule has 0 heterocycles. The Morgan fingerprint density at radius 3 is 2.44 bits per heavy atom. The number of ether oxygens (including phenoxy) is 2. The summed E-state index contributed by atoms with van der Waals surface area (Å²) in [6.07, 6.45) is 1.29. The van der Waals surface area contributed by atoms with Crippen LogP contribution in [0.1, 0.15) is 26.7 Å². The van der Waals surface area contributed by atoms with E-state index in [-0.39, 0.29) is 12.6 Å². The number of nitrogens with two attached hydrogens (primary N) is 1. The Labute approximate surface area is 109 Å². The molecular weight excluding hydrogens is 230 g/mol.